The number of nitrogens with one attached hydrogen (secondary N) is 1. The monoisotopic (exact) mass is 315 g/mol. The number of hydrogen-bond acceptors (Lipinski definition) is 4. The Morgan fingerprint density at radius 2 is 1.87 bits per heavy atom. The van der Waals surface area contributed by atoms with Gasteiger partial charge in [0, 0.05) is 11.6 Å². The molecule has 4 nitrogen and oxygen atoms in total. The highest BCUT2D eigenvalue weighted by Gasteiger charge is 2.12. The lowest BCUT2D eigenvalue weighted by Crippen LogP contribution is -2.18. The van der Waals surface area contributed by atoms with Gasteiger partial charge in [-0.05, 0) is 24.6 Å². The van der Waals surface area contributed by atoms with Gasteiger partial charge in [-0.2, -0.15) is 4.98 Å². The SMILES string of the molecule is C[C@H](NCc1nc(-c2ccccc2)no1)c1ccc(F)c(F)c1. The van der Waals surface area contributed by atoms with Crippen LogP contribution in [0.3, 0.4) is 0 Å². The number of hydrogen-bond donors (Lipinski definition) is 1. The molecule has 1 aromatic heterocycles. The molecule has 0 amide bonds. The van der Waals surface area contributed by atoms with E-state index in [-0.39, 0.29) is 6.04 Å². The van der Waals surface area contributed by atoms with Gasteiger partial charge >= 0.3 is 0 Å². The van der Waals surface area contributed by atoms with Crippen LogP contribution in [-0.2, 0) is 6.54 Å². The topological polar surface area (TPSA) is 51.0 Å². The lowest BCUT2D eigenvalue weighted by molar-refractivity contribution is 0.360. The molecule has 0 aliphatic heterocycles. The van der Waals surface area contributed by atoms with Gasteiger partial charge in [-0.25, -0.2) is 8.78 Å². The maximum atomic E-state index is 13.3. The van der Waals surface area contributed by atoms with Crippen LogP contribution in [-0.4, -0.2) is 10.1 Å². The molecule has 3 aromatic rings. The molecule has 0 aliphatic rings. The number of nitrogens with zero attached hydrogens (tertiary/aromatic N) is 2. The van der Waals surface area contributed by atoms with E-state index in [1.807, 2.05) is 37.3 Å². The molecule has 0 saturated heterocycles. The van der Waals surface area contributed by atoms with E-state index in [2.05, 4.69) is 15.5 Å². The summed E-state index contributed by atoms with van der Waals surface area (Å²) in [5.74, 6) is -0.771. The molecule has 118 valence electrons. The van der Waals surface area contributed by atoms with Crippen molar-refractivity contribution < 1.29 is 13.3 Å². The Morgan fingerprint density at radius 1 is 1.09 bits per heavy atom. The fourth-order valence-electron chi connectivity index (χ4n) is 2.17. The Hall–Kier alpha value is -2.60. The maximum absolute atomic E-state index is 13.3. The second-order valence-electron chi connectivity index (χ2n) is 5.15. The van der Waals surface area contributed by atoms with E-state index in [1.54, 1.807) is 6.07 Å². The van der Waals surface area contributed by atoms with Crippen molar-refractivity contribution in [1.29, 1.82) is 0 Å². The first-order valence-electron chi connectivity index (χ1n) is 7.20. The lowest BCUT2D eigenvalue weighted by atomic mass is 10.1. The molecule has 0 aliphatic carbocycles. The van der Waals surface area contributed by atoms with Gasteiger partial charge in [0.05, 0.1) is 6.54 Å². The average molecular weight is 315 g/mol. The van der Waals surface area contributed by atoms with Crippen LogP contribution in [0.4, 0.5) is 8.78 Å². The van der Waals surface area contributed by atoms with Crippen molar-refractivity contribution in [2.75, 3.05) is 0 Å². The van der Waals surface area contributed by atoms with Crippen LogP contribution in [0, 0.1) is 11.6 Å². The number of aromatic nitrogens is 2. The molecule has 6 heteroatoms. The van der Waals surface area contributed by atoms with E-state index >= 15 is 0 Å². The van der Waals surface area contributed by atoms with Crippen molar-refractivity contribution in [3.63, 3.8) is 0 Å². The van der Waals surface area contributed by atoms with Crippen LogP contribution >= 0.6 is 0 Å². The molecule has 0 unspecified atom stereocenters. The summed E-state index contributed by atoms with van der Waals surface area (Å²) in [7, 11) is 0. The Balaban J connectivity index is 1.64. The second-order valence-corrected chi connectivity index (χ2v) is 5.15. The van der Waals surface area contributed by atoms with Crippen molar-refractivity contribution in [1.82, 2.24) is 15.5 Å². The zero-order valence-electron chi connectivity index (χ0n) is 12.5. The molecule has 1 heterocycles. The van der Waals surface area contributed by atoms with Gasteiger partial charge < -0.3 is 9.84 Å². The summed E-state index contributed by atoms with van der Waals surface area (Å²) >= 11 is 0. The first kappa shape index (κ1) is 15.3. The second kappa shape index (κ2) is 6.66. The van der Waals surface area contributed by atoms with E-state index < -0.39 is 11.6 Å². The van der Waals surface area contributed by atoms with Gasteiger partial charge in [0.1, 0.15) is 0 Å². The quantitative estimate of drug-likeness (QED) is 0.776. The summed E-state index contributed by atoms with van der Waals surface area (Å²) in [5.41, 5.74) is 1.52. The van der Waals surface area contributed by atoms with E-state index in [4.69, 9.17) is 4.52 Å². The van der Waals surface area contributed by atoms with Crippen molar-refractivity contribution in [2.24, 2.45) is 0 Å². The van der Waals surface area contributed by atoms with Gasteiger partial charge in [-0.15, -0.1) is 0 Å². The predicted octanol–water partition coefficient (Wildman–Crippen LogP) is 3.87. The fourth-order valence-corrected chi connectivity index (χ4v) is 2.17. The molecule has 1 atom stereocenters. The van der Waals surface area contributed by atoms with Gasteiger partial charge in [0.2, 0.25) is 11.7 Å². The third kappa shape index (κ3) is 3.60. The van der Waals surface area contributed by atoms with Gasteiger partial charge in [0.15, 0.2) is 11.6 Å². The molecule has 0 saturated carbocycles. The fraction of sp³-hybridized carbons (Fsp3) is 0.176. The lowest BCUT2D eigenvalue weighted by Gasteiger charge is -2.12. The zero-order chi connectivity index (χ0) is 16.2. The highest BCUT2D eigenvalue weighted by Crippen LogP contribution is 2.18. The molecule has 0 radical (unpaired) electrons. The smallest absolute Gasteiger partial charge is 0.240 e. The van der Waals surface area contributed by atoms with Crippen LogP contribution in [0.25, 0.3) is 11.4 Å². The van der Waals surface area contributed by atoms with E-state index in [0.29, 0.717) is 23.8 Å². The van der Waals surface area contributed by atoms with Crippen LogP contribution in [0.5, 0.6) is 0 Å². The molecule has 0 spiro atoms. The first-order chi connectivity index (χ1) is 11.1. The summed E-state index contributed by atoms with van der Waals surface area (Å²) < 4.78 is 31.4. The zero-order valence-corrected chi connectivity index (χ0v) is 12.5. The first-order valence-corrected chi connectivity index (χ1v) is 7.20. The summed E-state index contributed by atoms with van der Waals surface area (Å²) in [6.07, 6.45) is 0. The molecular weight excluding hydrogens is 300 g/mol. The van der Waals surface area contributed by atoms with E-state index in [0.717, 1.165) is 11.6 Å². The highest BCUT2D eigenvalue weighted by atomic mass is 19.2. The number of rotatable bonds is 5. The average Bonchev–Trinajstić information content (AvgIpc) is 3.05. The van der Waals surface area contributed by atoms with Gasteiger partial charge in [-0.3, -0.25) is 0 Å². The minimum absolute atomic E-state index is 0.183. The minimum atomic E-state index is -0.861. The Morgan fingerprint density at radius 3 is 2.61 bits per heavy atom. The van der Waals surface area contributed by atoms with Crippen LogP contribution < -0.4 is 5.32 Å². The standard InChI is InChI=1S/C17H15F2N3O/c1-11(13-7-8-14(18)15(19)9-13)20-10-16-21-17(22-23-16)12-5-3-2-4-6-12/h2-9,11,20H,10H2,1H3/t11-/m0/s1. The van der Waals surface area contributed by atoms with Crippen LogP contribution in [0.2, 0.25) is 0 Å². The minimum Gasteiger partial charge on any atom is -0.338 e. The van der Waals surface area contributed by atoms with Crippen LogP contribution in [0.15, 0.2) is 53.1 Å². The van der Waals surface area contributed by atoms with Crippen molar-refractivity contribution >= 4 is 0 Å². The summed E-state index contributed by atoms with van der Waals surface area (Å²) in [5, 5.41) is 7.07. The molecule has 0 fully saturated rings. The van der Waals surface area contributed by atoms with Crippen molar-refractivity contribution in [3.05, 3.63) is 71.6 Å². The third-order valence-corrected chi connectivity index (χ3v) is 3.50. The Kier molecular flexibility index (Phi) is 4.43. The molecule has 2 aromatic carbocycles. The molecule has 1 N–H and O–H groups in total. The summed E-state index contributed by atoms with van der Waals surface area (Å²) in [6, 6.07) is 13.1. The Bertz CT molecular complexity index is 790. The third-order valence-electron chi connectivity index (χ3n) is 3.50. The van der Waals surface area contributed by atoms with Crippen molar-refractivity contribution in [2.45, 2.75) is 19.5 Å². The van der Waals surface area contributed by atoms with E-state index in [9.17, 15) is 8.78 Å². The number of benzene rings is 2. The van der Waals surface area contributed by atoms with Crippen LogP contribution in [0.1, 0.15) is 24.4 Å². The van der Waals surface area contributed by atoms with Gasteiger partial charge in [-0.1, -0.05) is 41.6 Å². The Labute approximate surface area is 132 Å². The summed E-state index contributed by atoms with van der Waals surface area (Å²) in [4.78, 5) is 4.30. The molecule has 0 bridgehead atoms. The highest BCUT2D eigenvalue weighted by molar-refractivity contribution is 5.53. The summed E-state index contributed by atoms with van der Waals surface area (Å²) in [6.45, 7) is 2.18. The largest absolute Gasteiger partial charge is 0.338 e. The van der Waals surface area contributed by atoms with Gasteiger partial charge in [0.25, 0.3) is 0 Å². The predicted molar refractivity (Wildman–Crippen MR) is 81.3 cm³/mol. The normalized spacial score (nSPS) is 12.3. The molecular formula is C17H15F2N3O. The molecule has 3 rings (SSSR count). The number of halogens is 2. The van der Waals surface area contributed by atoms with Crippen molar-refractivity contribution in [3.8, 4) is 11.4 Å². The molecule has 23 heavy (non-hydrogen) atoms. The van der Waals surface area contributed by atoms with E-state index in [1.165, 1.54) is 6.07 Å². The maximum Gasteiger partial charge on any atom is 0.240 e.